The number of ketones is 2. The lowest BCUT2D eigenvalue weighted by molar-refractivity contribution is -0.123. The highest BCUT2D eigenvalue weighted by Crippen LogP contribution is 2.47. The first-order valence-corrected chi connectivity index (χ1v) is 7.22. The Morgan fingerprint density at radius 3 is 2.50 bits per heavy atom. The number of para-hydroxylation sites is 1. The van der Waals surface area contributed by atoms with Crippen molar-refractivity contribution < 1.29 is 9.59 Å². The van der Waals surface area contributed by atoms with Crippen molar-refractivity contribution >= 4 is 27.5 Å². The topological polar surface area (TPSA) is 52.0 Å². The second-order valence-electron chi connectivity index (χ2n) is 5.43. The van der Waals surface area contributed by atoms with Crippen molar-refractivity contribution in [2.45, 2.75) is 18.7 Å². The van der Waals surface area contributed by atoms with Gasteiger partial charge >= 0.3 is 0 Å². The molecule has 0 saturated carbocycles. The molecule has 102 valence electrons. The first-order valence-electron chi connectivity index (χ1n) is 6.31. The summed E-state index contributed by atoms with van der Waals surface area (Å²) in [7, 11) is 0. The smallest absolute Gasteiger partial charge is 0.232 e. The minimum atomic E-state index is -0.781. The number of halogens is 1. The Hall–Kier alpha value is -1.75. The van der Waals surface area contributed by atoms with Crippen LogP contribution in [0.2, 0.25) is 0 Å². The molecule has 0 amide bonds. The summed E-state index contributed by atoms with van der Waals surface area (Å²) in [6, 6.07) is 9.58. The number of carbonyl (C=O) groups excluding carboxylic acids is 2. The number of benzene rings is 1. The molecule has 1 aliphatic carbocycles. The lowest BCUT2D eigenvalue weighted by atomic mass is 9.75. The number of rotatable bonds is 1. The third-order valence-electron chi connectivity index (χ3n) is 3.72. The highest BCUT2D eigenvalue weighted by Gasteiger charge is 2.48. The summed E-state index contributed by atoms with van der Waals surface area (Å²) in [5.41, 5.74) is 1.22. The summed E-state index contributed by atoms with van der Waals surface area (Å²) < 4.78 is 1.72. The molecule has 0 radical (unpaired) electrons. The zero-order valence-corrected chi connectivity index (χ0v) is 12.7. The number of carbonyl (C=O) groups is 2. The third kappa shape index (κ3) is 1.69. The number of aromatic nitrogens is 2. The Kier molecular flexibility index (Phi) is 2.90. The second kappa shape index (κ2) is 4.38. The van der Waals surface area contributed by atoms with Gasteiger partial charge in [0.2, 0.25) is 11.6 Å². The number of hydrogen-bond donors (Lipinski definition) is 0. The Morgan fingerprint density at radius 2 is 1.85 bits per heavy atom. The van der Waals surface area contributed by atoms with Crippen LogP contribution in [-0.4, -0.2) is 21.3 Å². The molecular formula is C15H13BrN2O2. The largest absolute Gasteiger partial charge is 0.290 e. The Morgan fingerprint density at radius 1 is 1.20 bits per heavy atom. The van der Waals surface area contributed by atoms with Gasteiger partial charge in [-0.1, -0.05) is 48.0 Å². The molecule has 1 aromatic heterocycles. The van der Waals surface area contributed by atoms with E-state index >= 15 is 0 Å². The molecule has 4 nitrogen and oxygen atoms in total. The molecule has 0 N–H and O–H groups in total. The average Bonchev–Trinajstić information content (AvgIpc) is 2.89. The molecule has 0 fully saturated rings. The van der Waals surface area contributed by atoms with Gasteiger partial charge in [-0.2, -0.15) is 5.10 Å². The van der Waals surface area contributed by atoms with Gasteiger partial charge in [0.15, 0.2) is 0 Å². The SMILES string of the molecule is CC1(C)C(=O)C(=O)c2cnn(-c3ccccc3)c2[C@H]1Br. The van der Waals surface area contributed by atoms with Gasteiger partial charge < -0.3 is 0 Å². The van der Waals surface area contributed by atoms with E-state index in [4.69, 9.17) is 0 Å². The van der Waals surface area contributed by atoms with Gasteiger partial charge in [0.05, 0.1) is 28.0 Å². The van der Waals surface area contributed by atoms with Crippen LogP contribution in [0, 0.1) is 5.41 Å². The van der Waals surface area contributed by atoms with Gasteiger partial charge in [-0.05, 0) is 12.1 Å². The summed E-state index contributed by atoms with van der Waals surface area (Å²) in [4.78, 5) is 24.1. The zero-order valence-electron chi connectivity index (χ0n) is 11.1. The van der Waals surface area contributed by atoms with Crippen LogP contribution in [0.3, 0.4) is 0 Å². The van der Waals surface area contributed by atoms with E-state index in [0.717, 1.165) is 11.4 Å². The lowest BCUT2D eigenvalue weighted by Crippen LogP contribution is -2.40. The van der Waals surface area contributed by atoms with E-state index < -0.39 is 11.2 Å². The highest BCUT2D eigenvalue weighted by atomic mass is 79.9. The van der Waals surface area contributed by atoms with E-state index in [1.165, 1.54) is 6.20 Å². The minimum absolute atomic E-state index is 0.252. The van der Waals surface area contributed by atoms with Gasteiger partial charge in [-0.3, -0.25) is 9.59 Å². The minimum Gasteiger partial charge on any atom is -0.290 e. The standard InChI is InChI=1S/C15H13BrN2O2/c1-15(2)13(16)11-10(12(19)14(15)20)8-17-18(11)9-6-4-3-5-7-9/h3-8,13H,1-2H3/t13-/m1/s1. The van der Waals surface area contributed by atoms with Crippen LogP contribution in [0.1, 0.15) is 34.7 Å². The Balaban J connectivity index is 2.24. The predicted molar refractivity (Wildman–Crippen MR) is 78.4 cm³/mol. The maximum absolute atomic E-state index is 12.2. The van der Waals surface area contributed by atoms with Gasteiger partial charge in [0.1, 0.15) is 0 Å². The summed E-state index contributed by atoms with van der Waals surface area (Å²) in [6.45, 7) is 3.55. The molecule has 3 rings (SSSR count). The molecule has 5 heteroatoms. The van der Waals surface area contributed by atoms with Crippen LogP contribution in [0.4, 0.5) is 0 Å². The van der Waals surface area contributed by atoms with Crippen molar-refractivity contribution in [2.75, 3.05) is 0 Å². The normalized spacial score (nSPS) is 20.9. The van der Waals surface area contributed by atoms with Gasteiger partial charge in [-0.15, -0.1) is 0 Å². The Labute approximate surface area is 124 Å². The first-order chi connectivity index (χ1) is 9.44. The van der Waals surface area contributed by atoms with Crippen LogP contribution >= 0.6 is 15.9 Å². The number of hydrogen-bond acceptors (Lipinski definition) is 3. The van der Waals surface area contributed by atoms with Crippen molar-refractivity contribution in [1.29, 1.82) is 0 Å². The molecule has 1 heterocycles. The summed E-state index contributed by atoms with van der Waals surface area (Å²) in [5, 5.41) is 4.28. The maximum atomic E-state index is 12.2. The Bertz CT molecular complexity index is 704. The molecule has 20 heavy (non-hydrogen) atoms. The molecule has 0 bridgehead atoms. The van der Waals surface area contributed by atoms with Gasteiger partial charge in [0.25, 0.3) is 0 Å². The number of alkyl halides is 1. The number of nitrogens with zero attached hydrogens (tertiary/aromatic N) is 2. The molecule has 1 aliphatic rings. The second-order valence-corrected chi connectivity index (χ2v) is 6.35. The predicted octanol–water partition coefficient (Wildman–Crippen LogP) is 3.10. The molecule has 0 unspecified atom stereocenters. The zero-order chi connectivity index (χ0) is 14.5. The monoisotopic (exact) mass is 332 g/mol. The molecule has 1 aromatic carbocycles. The van der Waals surface area contributed by atoms with Crippen molar-refractivity contribution in [3.63, 3.8) is 0 Å². The van der Waals surface area contributed by atoms with E-state index in [-0.39, 0.29) is 10.6 Å². The maximum Gasteiger partial charge on any atom is 0.232 e. The van der Waals surface area contributed by atoms with Crippen LogP contribution < -0.4 is 0 Å². The van der Waals surface area contributed by atoms with E-state index in [1.807, 2.05) is 30.3 Å². The van der Waals surface area contributed by atoms with E-state index in [1.54, 1.807) is 18.5 Å². The summed E-state index contributed by atoms with van der Waals surface area (Å²) >= 11 is 3.57. The van der Waals surface area contributed by atoms with E-state index in [2.05, 4.69) is 21.0 Å². The highest BCUT2D eigenvalue weighted by molar-refractivity contribution is 9.09. The number of Topliss-reactive ketones (excluding diaryl/α,β-unsaturated/α-hetero) is 2. The molecule has 2 aromatic rings. The average molecular weight is 333 g/mol. The molecule has 1 atom stereocenters. The van der Waals surface area contributed by atoms with Gasteiger partial charge in [-0.25, -0.2) is 4.68 Å². The lowest BCUT2D eigenvalue weighted by Gasteiger charge is -2.32. The van der Waals surface area contributed by atoms with Crippen molar-refractivity contribution in [2.24, 2.45) is 5.41 Å². The van der Waals surface area contributed by atoms with Crippen LogP contribution in [-0.2, 0) is 4.79 Å². The van der Waals surface area contributed by atoms with Crippen LogP contribution in [0.5, 0.6) is 0 Å². The van der Waals surface area contributed by atoms with Gasteiger partial charge in [0, 0.05) is 5.41 Å². The van der Waals surface area contributed by atoms with Crippen molar-refractivity contribution in [1.82, 2.24) is 9.78 Å². The van der Waals surface area contributed by atoms with Crippen LogP contribution in [0.15, 0.2) is 36.5 Å². The third-order valence-corrected chi connectivity index (χ3v) is 5.30. The first kappa shape index (κ1) is 13.2. The molecule has 0 spiro atoms. The molecular weight excluding hydrogens is 320 g/mol. The summed E-state index contributed by atoms with van der Waals surface area (Å²) in [5.74, 6) is -0.831. The molecule has 0 aliphatic heterocycles. The fourth-order valence-corrected chi connectivity index (χ4v) is 3.07. The van der Waals surface area contributed by atoms with Crippen molar-refractivity contribution in [3.05, 3.63) is 47.8 Å². The van der Waals surface area contributed by atoms with Crippen molar-refractivity contribution in [3.8, 4) is 5.69 Å². The van der Waals surface area contributed by atoms with Crippen LogP contribution in [0.25, 0.3) is 5.69 Å². The van der Waals surface area contributed by atoms with E-state index in [9.17, 15) is 9.59 Å². The fourth-order valence-electron chi connectivity index (χ4n) is 2.42. The molecule has 0 saturated heterocycles. The quantitative estimate of drug-likeness (QED) is 0.595. The van der Waals surface area contributed by atoms with E-state index in [0.29, 0.717) is 5.56 Å². The fraction of sp³-hybridized carbons (Fsp3) is 0.267. The summed E-state index contributed by atoms with van der Waals surface area (Å²) in [6.07, 6.45) is 1.48. The number of fused-ring (bicyclic) bond motifs is 1.